The smallest absolute Gasteiger partial charge is 0.240 e. The highest BCUT2D eigenvalue weighted by Crippen LogP contribution is 2.22. The molecule has 0 aliphatic carbocycles. The topological polar surface area (TPSA) is 62.0 Å². The van der Waals surface area contributed by atoms with Crippen LogP contribution in [0.1, 0.15) is 16.8 Å². The molecule has 0 fully saturated rings. The van der Waals surface area contributed by atoms with Gasteiger partial charge >= 0.3 is 0 Å². The van der Waals surface area contributed by atoms with Gasteiger partial charge in [0.1, 0.15) is 0 Å². The van der Waals surface area contributed by atoms with Gasteiger partial charge in [0.15, 0.2) is 0 Å². The zero-order valence-corrected chi connectivity index (χ0v) is 13.4. The standard InChI is InChI=1S/C17H18N2O2S/c1-12-7-9-14(10-8-12)22(20,21)18-11-16-13(2)19-17-6-4-3-5-15(16)17/h3-10,18-19H,11H2,1-2H3. The summed E-state index contributed by atoms with van der Waals surface area (Å²) in [6.07, 6.45) is 0. The van der Waals surface area contributed by atoms with E-state index in [1.165, 1.54) is 0 Å². The monoisotopic (exact) mass is 314 g/mol. The fourth-order valence-electron chi connectivity index (χ4n) is 2.53. The van der Waals surface area contributed by atoms with Gasteiger partial charge in [0.25, 0.3) is 0 Å². The van der Waals surface area contributed by atoms with Crippen LogP contribution < -0.4 is 4.72 Å². The number of fused-ring (bicyclic) bond motifs is 1. The van der Waals surface area contributed by atoms with Crippen molar-refractivity contribution in [3.63, 3.8) is 0 Å². The molecular formula is C17H18N2O2S. The quantitative estimate of drug-likeness (QED) is 0.776. The number of aromatic amines is 1. The van der Waals surface area contributed by atoms with E-state index in [0.29, 0.717) is 0 Å². The molecule has 2 N–H and O–H groups in total. The number of aryl methyl sites for hydroxylation is 2. The van der Waals surface area contributed by atoms with E-state index in [1.807, 2.05) is 38.1 Å². The van der Waals surface area contributed by atoms with Crippen LogP contribution in [0.15, 0.2) is 53.4 Å². The lowest BCUT2D eigenvalue weighted by Crippen LogP contribution is -2.23. The first-order valence-corrected chi connectivity index (χ1v) is 8.58. The number of para-hydroxylation sites is 1. The van der Waals surface area contributed by atoms with Crippen LogP contribution in [0.5, 0.6) is 0 Å². The Bertz CT molecular complexity index is 909. The zero-order valence-electron chi connectivity index (χ0n) is 12.6. The van der Waals surface area contributed by atoms with Gasteiger partial charge in [-0.1, -0.05) is 35.9 Å². The Morgan fingerprint density at radius 3 is 2.41 bits per heavy atom. The second kappa shape index (κ2) is 5.59. The average molecular weight is 314 g/mol. The summed E-state index contributed by atoms with van der Waals surface area (Å²) >= 11 is 0. The highest BCUT2D eigenvalue weighted by atomic mass is 32.2. The second-order valence-electron chi connectivity index (χ2n) is 5.41. The first-order chi connectivity index (χ1) is 10.5. The summed E-state index contributed by atoms with van der Waals surface area (Å²) in [7, 11) is -3.50. The number of rotatable bonds is 4. The molecule has 2 aromatic carbocycles. The summed E-state index contributed by atoms with van der Waals surface area (Å²) in [6.45, 7) is 4.15. The first-order valence-electron chi connectivity index (χ1n) is 7.10. The van der Waals surface area contributed by atoms with Crippen molar-refractivity contribution in [3.05, 3.63) is 65.4 Å². The van der Waals surface area contributed by atoms with Crippen molar-refractivity contribution in [2.75, 3.05) is 0 Å². The van der Waals surface area contributed by atoms with Crippen molar-refractivity contribution < 1.29 is 8.42 Å². The van der Waals surface area contributed by atoms with Gasteiger partial charge in [-0.25, -0.2) is 13.1 Å². The van der Waals surface area contributed by atoms with Crippen molar-refractivity contribution in [2.45, 2.75) is 25.3 Å². The van der Waals surface area contributed by atoms with Crippen molar-refractivity contribution >= 4 is 20.9 Å². The number of hydrogen-bond acceptors (Lipinski definition) is 2. The van der Waals surface area contributed by atoms with Crippen LogP contribution in [-0.4, -0.2) is 13.4 Å². The van der Waals surface area contributed by atoms with Gasteiger partial charge in [0.2, 0.25) is 10.0 Å². The summed E-state index contributed by atoms with van der Waals surface area (Å²) in [5.74, 6) is 0. The molecule has 0 spiro atoms. The molecule has 22 heavy (non-hydrogen) atoms. The van der Waals surface area contributed by atoms with Crippen LogP contribution in [0, 0.1) is 13.8 Å². The third kappa shape index (κ3) is 2.77. The summed E-state index contributed by atoms with van der Waals surface area (Å²) in [5, 5.41) is 1.05. The minimum atomic E-state index is -3.50. The molecule has 3 rings (SSSR count). The Balaban J connectivity index is 1.87. The summed E-state index contributed by atoms with van der Waals surface area (Å²) in [4.78, 5) is 3.56. The molecule has 5 heteroatoms. The molecule has 0 saturated heterocycles. The maximum absolute atomic E-state index is 12.4. The lowest BCUT2D eigenvalue weighted by Gasteiger charge is -2.07. The molecule has 0 atom stereocenters. The van der Waals surface area contributed by atoms with Gasteiger partial charge in [-0.15, -0.1) is 0 Å². The van der Waals surface area contributed by atoms with E-state index >= 15 is 0 Å². The predicted molar refractivity (Wildman–Crippen MR) is 88.2 cm³/mol. The molecule has 4 nitrogen and oxygen atoms in total. The molecule has 0 bridgehead atoms. The van der Waals surface area contributed by atoms with Gasteiger partial charge in [0, 0.05) is 23.1 Å². The first kappa shape index (κ1) is 14.8. The molecule has 0 unspecified atom stereocenters. The molecule has 0 aliphatic heterocycles. The van der Waals surface area contributed by atoms with Crippen LogP contribution in [0.2, 0.25) is 0 Å². The molecule has 1 aromatic heterocycles. The maximum atomic E-state index is 12.4. The second-order valence-corrected chi connectivity index (χ2v) is 7.18. The number of aromatic nitrogens is 1. The summed E-state index contributed by atoms with van der Waals surface area (Å²) in [6, 6.07) is 14.7. The molecule has 0 aliphatic rings. The predicted octanol–water partition coefficient (Wildman–Crippen LogP) is 3.26. The number of nitrogens with one attached hydrogen (secondary N) is 2. The number of hydrogen-bond donors (Lipinski definition) is 2. The number of H-pyrrole nitrogens is 1. The molecule has 1 heterocycles. The van der Waals surface area contributed by atoms with E-state index in [-0.39, 0.29) is 11.4 Å². The fraction of sp³-hybridized carbons (Fsp3) is 0.176. The lowest BCUT2D eigenvalue weighted by atomic mass is 10.1. The van der Waals surface area contributed by atoms with Gasteiger partial charge in [-0.05, 0) is 37.6 Å². The van der Waals surface area contributed by atoms with Crippen LogP contribution >= 0.6 is 0 Å². The lowest BCUT2D eigenvalue weighted by molar-refractivity contribution is 0.581. The minimum absolute atomic E-state index is 0.270. The van der Waals surface area contributed by atoms with Gasteiger partial charge in [-0.3, -0.25) is 0 Å². The van der Waals surface area contributed by atoms with Crippen molar-refractivity contribution in [2.24, 2.45) is 0 Å². The van der Waals surface area contributed by atoms with E-state index in [0.717, 1.165) is 27.7 Å². The number of benzene rings is 2. The largest absolute Gasteiger partial charge is 0.358 e. The fourth-order valence-corrected chi connectivity index (χ4v) is 3.53. The molecule has 0 saturated carbocycles. The molecule has 0 amide bonds. The third-order valence-corrected chi connectivity index (χ3v) is 5.21. The van der Waals surface area contributed by atoms with Crippen LogP contribution in [0.3, 0.4) is 0 Å². The Hall–Kier alpha value is -2.11. The Kier molecular flexibility index (Phi) is 3.76. The minimum Gasteiger partial charge on any atom is -0.358 e. The number of sulfonamides is 1. The van der Waals surface area contributed by atoms with Gasteiger partial charge in [-0.2, -0.15) is 0 Å². The highest BCUT2D eigenvalue weighted by molar-refractivity contribution is 7.89. The summed E-state index contributed by atoms with van der Waals surface area (Å²) < 4.78 is 27.4. The van der Waals surface area contributed by atoms with E-state index < -0.39 is 10.0 Å². The Morgan fingerprint density at radius 2 is 1.68 bits per heavy atom. The SMILES string of the molecule is Cc1ccc(S(=O)(=O)NCc2c(C)[nH]c3ccccc23)cc1. The van der Waals surface area contributed by atoms with Crippen molar-refractivity contribution in [1.82, 2.24) is 9.71 Å². The van der Waals surface area contributed by atoms with Gasteiger partial charge in [0.05, 0.1) is 4.90 Å². The van der Waals surface area contributed by atoms with Crippen LogP contribution in [0.25, 0.3) is 10.9 Å². The highest BCUT2D eigenvalue weighted by Gasteiger charge is 2.15. The van der Waals surface area contributed by atoms with Crippen molar-refractivity contribution in [3.8, 4) is 0 Å². The normalized spacial score (nSPS) is 11.9. The van der Waals surface area contributed by atoms with E-state index in [1.54, 1.807) is 24.3 Å². The molecular weight excluding hydrogens is 296 g/mol. The molecule has 0 radical (unpaired) electrons. The molecule has 114 valence electrons. The Morgan fingerprint density at radius 1 is 1.00 bits per heavy atom. The van der Waals surface area contributed by atoms with Crippen molar-refractivity contribution in [1.29, 1.82) is 0 Å². The average Bonchev–Trinajstić information content (AvgIpc) is 2.81. The molecule has 3 aromatic rings. The van der Waals surface area contributed by atoms with E-state index in [9.17, 15) is 8.42 Å². The Labute approximate surface area is 130 Å². The van der Waals surface area contributed by atoms with Crippen LogP contribution in [0.4, 0.5) is 0 Å². The van der Waals surface area contributed by atoms with Crippen LogP contribution in [-0.2, 0) is 16.6 Å². The third-order valence-electron chi connectivity index (χ3n) is 3.80. The van der Waals surface area contributed by atoms with E-state index in [2.05, 4.69) is 9.71 Å². The van der Waals surface area contributed by atoms with Gasteiger partial charge < -0.3 is 4.98 Å². The van der Waals surface area contributed by atoms with E-state index in [4.69, 9.17) is 0 Å². The zero-order chi connectivity index (χ0) is 15.7. The summed E-state index contributed by atoms with van der Waals surface area (Å²) in [5.41, 5.74) is 4.01. The maximum Gasteiger partial charge on any atom is 0.240 e.